The number of rotatable bonds is 1. The number of anilines is 2. The van der Waals surface area contributed by atoms with Crippen molar-refractivity contribution in [2.75, 3.05) is 28.7 Å². The van der Waals surface area contributed by atoms with Gasteiger partial charge in [0.15, 0.2) is 5.58 Å². The van der Waals surface area contributed by atoms with Gasteiger partial charge in [0.25, 0.3) is 6.01 Å². The highest BCUT2D eigenvalue weighted by Crippen LogP contribution is 2.27. The minimum Gasteiger partial charge on any atom is -0.423 e. The van der Waals surface area contributed by atoms with Gasteiger partial charge in [-0.2, -0.15) is 16.7 Å². The topological polar surface area (TPSA) is 55.3 Å². The van der Waals surface area contributed by atoms with Crippen molar-refractivity contribution in [1.29, 1.82) is 0 Å². The van der Waals surface area contributed by atoms with Crippen LogP contribution in [0.25, 0.3) is 11.1 Å². The highest BCUT2D eigenvalue weighted by Gasteiger charge is 2.23. The Balaban J connectivity index is 1.99. The summed E-state index contributed by atoms with van der Waals surface area (Å²) in [6.45, 7) is 3.20. The van der Waals surface area contributed by atoms with E-state index < -0.39 is 0 Å². The van der Waals surface area contributed by atoms with Crippen LogP contribution in [0.2, 0.25) is 0 Å². The van der Waals surface area contributed by atoms with Crippen molar-refractivity contribution < 1.29 is 4.42 Å². The summed E-state index contributed by atoms with van der Waals surface area (Å²) in [7, 11) is 0. The third kappa shape index (κ3) is 1.95. The molecule has 0 radical (unpaired) electrons. The second-order valence-electron chi connectivity index (χ2n) is 4.34. The van der Waals surface area contributed by atoms with Crippen molar-refractivity contribution in [3.63, 3.8) is 0 Å². The fourth-order valence-corrected chi connectivity index (χ4v) is 3.08. The molecule has 0 spiro atoms. The first-order valence-electron chi connectivity index (χ1n) is 5.74. The number of nitrogen functional groups attached to an aromatic ring is 1. The molecule has 3 rings (SSSR count). The standard InChI is InChI=1S/C12H15N3OS/c1-8-7-17-5-4-15(8)12-14-10-3-2-9(13)6-11(10)16-12/h2-3,6,8H,4-5,7,13H2,1H3. The molecular weight excluding hydrogens is 234 g/mol. The Morgan fingerprint density at radius 2 is 2.41 bits per heavy atom. The molecule has 1 fully saturated rings. The first-order valence-corrected chi connectivity index (χ1v) is 6.90. The molecule has 5 heteroatoms. The maximum Gasteiger partial charge on any atom is 0.298 e. The lowest BCUT2D eigenvalue weighted by molar-refractivity contribution is 0.544. The quantitative estimate of drug-likeness (QED) is 0.786. The number of nitrogens with zero attached hydrogens (tertiary/aromatic N) is 2. The summed E-state index contributed by atoms with van der Waals surface area (Å²) in [5, 5.41) is 0. The molecule has 2 heterocycles. The fourth-order valence-electron chi connectivity index (χ4n) is 2.06. The van der Waals surface area contributed by atoms with E-state index in [2.05, 4.69) is 16.8 Å². The van der Waals surface area contributed by atoms with E-state index in [1.165, 1.54) is 0 Å². The average Bonchev–Trinajstić information content (AvgIpc) is 2.72. The summed E-state index contributed by atoms with van der Waals surface area (Å²) in [6.07, 6.45) is 0. The first-order chi connectivity index (χ1) is 8.24. The summed E-state index contributed by atoms with van der Waals surface area (Å²) in [6, 6.07) is 6.78. The van der Waals surface area contributed by atoms with Crippen molar-refractivity contribution in [1.82, 2.24) is 4.98 Å². The predicted octanol–water partition coefficient (Wildman–Crippen LogP) is 2.35. The first kappa shape index (κ1) is 10.8. The van der Waals surface area contributed by atoms with Gasteiger partial charge in [0.2, 0.25) is 0 Å². The summed E-state index contributed by atoms with van der Waals surface area (Å²) < 4.78 is 5.78. The van der Waals surface area contributed by atoms with Crippen LogP contribution in [0, 0.1) is 0 Å². The summed E-state index contributed by atoms with van der Waals surface area (Å²) in [4.78, 5) is 6.75. The van der Waals surface area contributed by atoms with Gasteiger partial charge < -0.3 is 15.1 Å². The zero-order valence-electron chi connectivity index (χ0n) is 9.72. The number of aromatic nitrogens is 1. The molecule has 1 saturated heterocycles. The fraction of sp³-hybridized carbons (Fsp3) is 0.417. The molecule has 1 aliphatic heterocycles. The van der Waals surface area contributed by atoms with Crippen molar-refractivity contribution in [2.24, 2.45) is 0 Å². The van der Waals surface area contributed by atoms with Gasteiger partial charge in [-0.15, -0.1) is 0 Å². The summed E-state index contributed by atoms with van der Waals surface area (Å²) in [5.74, 6) is 2.26. The van der Waals surface area contributed by atoms with Crippen LogP contribution in [0.5, 0.6) is 0 Å². The van der Waals surface area contributed by atoms with E-state index in [1.54, 1.807) is 0 Å². The molecular formula is C12H15N3OS. The van der Waals surface area contributed by atoms with Gasteiger partial charge in [-0.05, 0) is 19.1 Å². The minimum atomic E-state index is 0.471. The molecule has 1 aromatic carbocycles. The molecule has 1 aromatic heterocycles. The normalized spacial score (nSPS) is 21.0. The van der Waals surface area contributed by atoms with Crippen LogP contribution >= 0.6 is 11.8 Å². The molecule has 4 nitrogen and oxygen atoms in total. The van der Waals surface area contributed by atoms with Gasteiger partial charge >= 0.3 is 0 Å². The molecule has 0 bridgehead atoms. The van der Waals surface area contributed by atoms with Gasteiger partial charge in [0.1, 0.15) is 5.52 Å². The monoisotopic (exact) mass is 249 g/mol. The van der Waals surface area contributed by atoms with Crippen LogP contribution < -0.4 is 10.6 Å². The maximum absolute atomic E-state index is 5.78. The zero-order valence-corrected chi connectivity index (χ0v) is 10.5. The lowest BCUT2D eigenvalue weighted by Gasteiger charge is -2.31. The lowest BCUT2D eigenvalue weighted by atomic mass is 10.3. The van der Waals surface area contributed by atoms with Crippen LogP contribution in [-0.4, -0.2) is 29.1 Å². The number of hydrogen-bond donors (Lipinski definition) is 1. The maximum atomic E-state index is 5.78. The Kier molecular flexibility index (Phi) is 2.63. The molecule has 2 N–H and O–H groups in total. The molecule has 2 aromatic rings. The Hall–Kier alpha value is -1.36. The molecule has 17 heavy (non-hydrogen) atoms. The Morgan fingerprint density at radius 1 is 1.53 bits per heavy atom. The van der Waals surface area contributed by atoms with Gasteiger partial charge in [-0.3, -0.25) is 0 Å². The Bertz CT molecular complexity index is 540. The number of thioether (sulfide) groups is 1. The van der Waals surface area contributed by atoms with Crippen LogP contribution in [0.3, 0.4) is 0 Å². The van der Waals surface area contributed by atoms with E-state index in [9.17, 15) is 0 Å². The van der Waals surface area contributed by atoms with E-state index in [-0.39, 0.29) is 0 Å². The Labute approximate surface area is 104 Å². The van der Waals surface area contributed by atoms with E-state index in [4.69, 9.17) is 10.2 Å². The van der Waals surface area contributed by atoms with Crippen molar-refractivity contribution in [3.05, 3.63) is 18.2 Å². The van der Waals surface area contributed by atoms with E-state index in [0.29, 0.717) is 11.7 Å². The minimum absolute atomic E-state index is 0.471. The number of oxazole rings is 1. The van der Waals surface area contributed by atoms with Crippen molar-refractivity contribution >= 4 is 34.6 Å². The van der Waals surface area contributed by atoms with Crippen molar-refractivity contribution in [2.45, 2.75) is 13.0 Å². The van der Waals surface area contributed by atoms with Crippen LogP contribution in [0.4, 0.5) is 11.7 Å². The third-order valence-corrected chi connectivity index (χ3v) is 4.20. The molecule has 0 amide bonds. The van der Waals surface area contributed by atoms with Gasteiger partial charge in [-0.1, -0.05) is 0 Å². The number of benzene rings is 1. The summed E-state index contributed by atoms with van der Waals surface area (Å²) in [5.41, 5.74) is 8.09. The highest BCUT2D eigenvalue weighted by atomic mass is 32.2. The molecule has 1 atom stereocenters. The number of fused-ring (bicyclic) bond motifs is 1. The largest absolute Gasteiger partial charge is 0.423 e. The van der Waals surface area contributed by atoms with E-state index >= 15 is 0 Å². The van der Waals surface area contributed by atoms with Gasteiger partial charge in [0.05, 0.1) is 0 Å². The smallest absolute Gasteiger partial charge is 0.298 e. The van der Waals surface area contributed by atoms with Gasteiger partial charge in [-0.25, -0.2) is 0 Å². The van der Waals surface area contributed by atoms with E-state index in [0.717, 1.165) is 35.2 Å². The molecule has 0 aliphatic carbocycles. The highest BCUT2D eigenvalue weighted by molar-refractivity contribution is 7.99. The number of nitrogens with two attached hydrogens (primary N) is 1. The molecule has 1 unspecified atom stereocenters. The second-order valence-corrected chi connectivity index (χ2v) is 5.49. The second kappa shape index (κ2) is 4.14. The number of hydrogen-bond acceptors (Lipinski definition) is 5. The zero-order chi connectivity index (χ0) is 11.8. The van der Waals surface area contributed by atoms with Crippen LogP contribution in [0.1, 0.15) is 6.92 Å². The van der Waals surface area contributed by atoms with Gasteiger partial charge in [0, 0.05) is 35.8 Å². The average molecular weight is 249 g/mol. The lowest BCUT2D eigenvalue weighted by Crippen LogP contribution is -2.40. The molecule has 1 aliphatic rings. The molecule has 0 saturated carbocycles. The third-order valence-electron chi connectivity index (χ3n) is 3.01. The SMILES string of the molecule is CC1CSCCN1c1nc2ccc(N)cc2o1. The predicted molar refractivity (Wildman–Crippen MR) is 72.6 cm³/mol. The molecule has 90 valence electrons. The van der Waals surface area contributed by atoms with Crippen LogP contribution in [0.15, 0.2) is 22.6 Å². The Morgan fingerprint density at radius 3 is 3.24 bits per heavy atom. The van der Waals surface area contributed by atoms with Crippen molar-refractivity contribution in [3.8, 4) is 0 Å². The van der Waals surface area contributed by atoms with Crippen LogP contribution in [-0.2, 0) is 0 Å². The van der Waals surface area contributed by atoms with E-state index in [1.807, 2.05) is 30.0 Å². The summed E-state index contributed by atoms with van der Waals surface area (Å²) >= 11 is 1.98.